The van der Waals surface area contributed by atoms with Crippen LogP contribution in [0.4, 0.5) is 4.79 Å². The molecule has 0 saturated heterocycles. The van der Waals surface area contributed by atoms with Gasteiger partial charge in [0.25, 0.3) is 0 Å². The second-order valence-corrected chi connectivity index (χ2v) is 5.82. The summed E-state index contributed by atoms with van der Waals surface area (Å²) >= 11 is 0. The largest absolute Gasteiger partial charge is 0.444 e. The lowest BCUT2D eigenvalue weighted by Gasteiger charge is -2.21. The SMILES string of the molecule is CC(C)(C)OC(=O)NCCC(O)C(O)c1ccc(C#N)nc1. The fraction of sp³-hybridized carbons (Fsp3) is 0.533. The molecule has 0 fully saturated rings. The molecule has 3 N–H and O–H groups in total. The number of ether oxygens (including phenoxy) is 1. The van der Waals surface area contributed by atoms with E-state index >= 15 is 0 Å². The molecule has 22 heavy (non-hydrogen) atoms. The molecule has 0 aliphatic heterocycles. The van der Waals surface area contributed by atoms with Crippen LogP contribution in [0.3, 0.4) is 0 Å². The Balaban J connectivity index is 2.42. The Morgan fingerprint density at radius 3 is 2.64 bits per heavy atom. The Bertz CT molecular complexity index is 531. The van der Waals surface area contributed by atoms with Crippen LogP contribution in [-0.4, -0.2) is 39.5 Å². The average molecular weight is 307 g/mol. The predicted molar refractivity (Wildman–Crippen MR) is 78.8 cm³/mol. The van der Waals surface area contributed by atoms with Gasteiger partial charge in [-0.25, -0.2) is 9.78 Å². The van der Waals surface area contributed by atoms with Crippen molar-refractivity contribution in [1.82, 2.24) is 10.3 Å². The Labute approximate surface area is 129 Å². The van der Waals surface area contributed by atoms with E-state index in [2.05, 4.69) is 10.3 Å². The number of nitrogens with one attached hydrogen (secondary N) is 1. The second-order valence-electron chi connectivity index (χ2n) is 5.82. The summed E-state index contributed by atoms with van der Waals surface area (Å²) in [5.74, 6) is 0. The van der Waals surface area contributed by atoms with Gasteiger partial charge in [0.05, 0.1) is 6.10 Å². The van der Waals surface area contributed by atoms with E-state index in [4.69, 9.17) is 10.00 Å². The molecule has 0 aliphatic rings. The fourth-order valence-electron chi connectivity index (χ4n) is 1.66. The summed E-state index contributed by atoms with van der Waals surface area (Å²) in [6.07, 6.45) is -1.28. The summed E-state index contributed by atoms with van der Waals surface area (Å²) in [4.78, 5) is 15.3. The number of amides is 1. The van der Waals surface area contributed by atoms with Gasteiger partial charge in [-0.3, -0.25) is 0 Å². The molecule has 0 spiro atoms. The van der Waals surface area contributed by atoms with Crippen molar-refractivity contribution in [2.75, 3.05) is 6.54 Å². The number of nitrogens with zero attached hydrogens (tertiary/aromatic N) is 2. The number of carbonyl (C=O) groups excluding carboxylic acids is 1. The summed E-state index contributed by atoms with van der Waals surface area (Å²) in [5.41, 5.74) is 0.0527. The molecule has 2 atom stereocenters. The van der Waals surface area contributed by atoms with E-state index in [9.17, 15) is 15.0 Å². The maximum absolute atomic E-state index is 11.4. The van der Waals surface area contributed by atoms with Crippen molar-refractivity contribution in [2.24, 2.45) is 0 Å². The van der Waals surface area contributed by atoms with Gasteiger partial charge in [0.2, 0.25) is 0 Å². The smallest absolute Gasteiger partial charge is 0.407 e. The van der Waals surface area contributed by atoms with Crippen molar-refractivity contribution < 1.29 is 19.7 Å². The van der Waals surface area contributed by atoms with Crippen LogP contribution in [-0.2, 0) is 4.74 Å². The number of rotatable bonds is 5. The van der Waals surface area contributed by atoms with Crippen molar-refractivity contribution in [3.8, 4) is 6.07 Å². The van der Waals surface area contributed by atoms with Gasteiger partial charge in [-0.15, -0.1) is 0 Å². The lowest BCUT2D eigenvalue weighted by molar-refractivity contribution is 0.0121. The maximum Gasteiger partial charge on any atom is 0.407 e. The van der Waals surface area contributed by atoms with Crippen molar-refractivity contribution in [1.29, 1.82) is 5.26 Å². The minimum Gasteiger partial charge on any atom is -0.444 e. The highest BCUT2D eigenvalue weighted by atomic mass is 16.6. The number of aliphatic hydroxyl groups is 2. The summed E-state index contributed by atoms with van der Waals surface area (Å²) < 4.78 is 5.06. The first kappa shape index (κ1) is 17.9. The van der Waals surface area contributed by atoms with Crippen LogP contribution in [0, 0.1) is 11.3 Å². The highest BCUT2D eigenvalue weighted by Crippen LogP contribution is 2.18. The van der Waals surface area contributed by atoms with E-state index in [-0.39, 0.29) is 18.7 Å². The number of aromatic nitrogens is 1. The Morgan fingerprint density at radius 2 is 2.14 bits per heavy atom. The molecule has 2 unspecified atom stereocenters. The van der Waals surface area contributed by atoms with Crippen LogP contribution in [0.25, 0.3) is 0 Å². The molecule has 0 aromatic carbocycles. The molecule has 0 saturated carbocycles. The van der Waals surface area contributed by atoms with Gasteiger partial charge < -0.3 is 20.3 Å². The summed E-state index contributed by atoms with van der Waals surface area (Å²) in [6.45, 7) is 5.42. The molecule has 1 heterocycles. The van der Waals surface area contributed by atoms with Crippen molar-refractivity contribution in [2.45, 2.75) is 45.0 Å². The molecule has 1 aromatic rings. The number of nitriles is 1. The lowest BCUT2D eigenvalue weighted by Crippen LogP contribution is -2.34. The minimum absolute atomic E-state index is 0.153. The third-order valence-corrected chi connectivity index (χ3v) is 2.72. The summed E-state index contributed by atoms with van der Waals surface area (Å²) in [6, 6.07) is 4.86. The fourth-order valence-corrected chi connectivity index (χ4v) is 1.66. The monoisotopic (exact) mass is 307 g/mol. The topological polar surface area (TPSA) is 115 Å². The normalized spacial score (nSPS) is 13.8. The highest BCUT2D eigenvalue weighted by molar-refractivity contribution is 5.67. The van der Waals surface area contributed by atoms with Crippen LogP contribution in [0.2, 0.25) is 0 Å². The predicted octanol–water partition coefficient (Wildman–Crippen LogP) is 1.26. The van der Waals surface area contributed by atoms with Crippen LogP contribution >= 0.6 is 0 Å². The lowest BCUT2D eigenvalue weighted by atomic mass is 10.0. The third-order valence-electron chi connectivity index (χ3n) is 2.72. The van der Waals surface area contributed by atoms with E-state index in [0.29, 0.717) is 5.56 Å². The number of pyridine rings is 1. The van der Waals surface area contributed by atoms with Crippen molar-refractivity contribution in [3.05, 3.63) is 29.6 Å². The zero-order valence-electron chi connectivity index (χ0n) is 12.9. The van der Waals surface area contributed by atoms with Crippen molar-refractivity contribution >= 4 is 6.09 Å². The van der Waals surface area contributed by atoms with Crippen LogP contribution in [0.1, 0.15) is 44.6 Å². The molecule has 1 amide bonds. The average Bonchev–Trinajstić information content (AvgIpc) is 2.44. The van der Waals surface area contributed by atoms with E-state index in [0.717, 1.165) is 0 Å². The molecule has 1 rings (SSSR count). The number of hydrogen-bond acceptors (Lipinski definition) is 6. The number of hydrogen-bond donors (Lipinski definition) is 3. The Kier molecular flexibility index (Phi) is 6.28. The first-order valence-corrected chi connectivity index (χ1v) is 6.92. The Morgan fingerprint density at radius 1 is 1.45 bits per heavy atom. The zero-order valence-corrected chi connectivity index (χ0v) is 12.9. The van der Waals surface area contributed by atoms with Crippen LogP contribution in [0.15, 0.2) is 18.3 Å². The molecule has 0 aliphatic carbocycles. The van der Waals surface area contributed by atoms with Gasteiger partial charge in [-0.1, -0.05) is 6.07 Å². The van der Waals surface area contributed by atoms with E-state index in [1.165, 1.54) is 18.3 Å². The van der Waals surface area contributed by atoms with Crippen LogP contribution in [0.5, 0.6) is 0 Å². The quantitative estimate of drug-likeness (QED) is 0.754. The molecule has 7 nitrogen and oxygen atoms in total. The van der Waals surface area contributed by atoms with Crippen LogP contribution < -0.4 is 5.32 Å². The first-order valence-electron chi connectivity index (χ1n) is 6.92. The Hall–Kier alpha value is -2.17. The molecule has 120 valence electrons. The van der Waals surface area contributed by atoms with Crippen molar-refractivity contribution in [3.63, 3.8) is 0 Å². The van der Waals surface area contributed by atoms with E-state index < -0.39 is 23.9 Å². The van der Waals surface area contributed by atoms with Gasteiger partial charge in [-0.05, 0) is 33.3 Å². The molecule has 0 radical (unpaired) electrons. The highest BCUT2D eigenvalue weighted by Gasteiger charge is 2.20. The zero-order chi connectivity index (χ0) is 16.8. The molecule has 1 aromatic heterocycles. The standard InChI is InChI=1S/C15H21N3O4/c1-15(2,3)22-14(21)17-7-6-12(19)13(20)10-4-5-11(8-16)18-9-10/h4-5,9,12-13,19-20H,6-7H2,1-3H3,(H,17,21). The second kappa shape index (κ2) is 7.73. The maximum atomic E-state index is 11.4. The molecule has 7 heteroatoms. The van der Waals surface area contributed by atoms with E-state index in [1.54, 1.807) is 20.8 Å². The number of aliphatic hydroxyl groups excluding tert-OH is 2. The molecule has 0 bridgehead atoms. The molecular weight excluding hydrogens is 286 g/mol. The third kappa shape index (κ3) is 6.08. The number of carbonyl (C=O) groups is 1. The minimum atomic E-state index is -1.14. The first-order chi connectivity index (χ1) is 10.2. The van der Waals surface area contributed by atoms with Gasteiger partial charge in [-0.2, -0.15) is 5.26 Å². The van der Waals surface area contributed by atoms with Gasteiger partial charge in [0, 0.05) is 18.3 Å². The summed E-state index contributed by atoms with van der Waals surface area (Å²) in [7, 11) is 0. The molecular formula is C15H21N3O4. The van der Waals surface area contributed by atoms with Gasteiger partial charge in [0.1, 0.15) is 23.5 Å². The number of alkyl carbamates (subject to hydrolysis) is 1. The van der Waals surface area contributed by atoms with Gasteiger partial charge in [0.15, 0.2) is 0 Å². The summed E-state index contributed by atoms with van der Waals surface area (Å²) in [5, 5.41) is 31.0. The van der Waals surface area contributed by atoms with Gasteiger partial charge >= 0.3 is 6.09 Å². The van der Waals surface area contributed by atoms with E-state index in [1.807, 2.05) is 6.07 Å².